The molecule has 8 heteroatoms. The van der Waals surface area contributed by atoms with Crippen LogP contribution in [0.5, 0.6) is 5.75 Å². The Morgan fingerprint density at radius 2 is 2.14 bits per heavy atom. The van der Waals surface area contributed by atoms with Crippen LogP contribution in [0.4, 0.5) is 13.2 Å². The average Bonchev–Trinajstić information content (AvgIpc) is 3.34. The molecule has 2 heterocycles. The Kier molecular flexibility index (Phi) is 4.94. The number of aromatic nitrogens is 2. The van der Waals surface area contributed by atoms with Crippen LogP contribution in [0, 0.1) is 5.92 Å². The highest BCUT2D eigenvalue weighted by atomic mass is 19.4. The van der Waals surface area contributed by atoms with Gasteiger partial charge in [-0.3, -0.25) is 9.78 Å². The second-order valence-electron chi connectivity index (χ2n) is 7.29. The number of carbonyl (C=O) groups excluding carboxylic acids is 1. The number of benzene rings is 1. The number of amides is 1. The smallest absolute Gasteiger partial charge is 0.422 e. The molecule has 0 radical (unpaired) electrons. The van der Waals surface area contributed by atoms with Gasteiger partial charge in [0.1, 0.15) is 5.75 Å². The lowest BCUT2D eigenvalue weighted by Crippen LogP contribution is -2.29. The van der Waals surface area contributed by atoms with E-state index in [2.05, 4.69) is 26.1 Å². The molecular formula is C21H20F3N3O2. The van der Waals surface area contributed by atoms with E-state index < -0.39 is 12.8 Å². The fourth-order valence-corrected chi connectivity index (χ4v) is 3.55. The number of halogens is 3. The summed E-state index contributed by atoms with van der Waals surface area (Å²) in [7, 11) is 0. The van der Waals surface area contributed by atoms with E-state index in [1.165, 1.54) is 17.8 Å². The number of ether oxygens (including phenoxy) is 1. The molecule has 2 N–H and O–H groups in total. The number of H-pyrrole nitrogens is 1. The van der Waals surface area contributed by atoms with Gasteiger partial charge in [0.05, 0.1) is 17.9 Å². The molecule has 1 aromatic carbocycles. The lowest BCUT2D eigenvalue weighted by molar-refractivity contribution is -0.153. The van der Waals surface area contributed by atoms with Crippen LogP contribution in [0.1, 0.15) is 36.6 Å². The van der Waals surface area contributed by atoms with E-state index in [1.807, 2.05) is 24.4 Å². The Labute approximate surface area is 165 Å². The van der Waals surface area contributed by atoms with Crippen LogP contribution in [0.25, 0.3) is 10.9 Å². The first kappa shape index (κ1) is 19.3. The first-order valence-corrected chi connectivity index (χ1v) is 9.34. The van der Waals surface area contributed by atoms with Gasteiger partial charge in [0.15, 0.2) is 6.61 Å². The van der Waals surface area contributed by atoms with Crippen LogP contribution in [-0.2, 0) is 4.79 Å². The Balaban J connectivity index is 1.35. The van der Waals surface area contributed by atoms with Crippen molar-refractivity contribution >= 4 is 16.8 Å². The predicted molar refractivity (Wildman–Crippen MR) is 101 cm³/mol. The number of hydrogen-bond donors (Lipinski definition) is 2. The summed E-state index contributed by atoms with van der Waals surface area (Å²) in [6.07, 6.45) is -0.482. The van der Waals surface area contributed by atoms with Crippen LogP contribution in [-0.4, -0.2) is 28.7 Å². The van der Waals surface area contributed by atoms with E-state index in [0.717, 1.165) is 17.3 Å². The maximum Gasteiger partial charge on any atom is 0.422 e. The topological polar surface area (TPSA) is 67.0 Å². The van der Waals surface area contributed by atoms with E-state index in [0.29, 0.717) is 5.69 Å². The predicted octanol–water partition coefficient (Wildman–Crippen LogP) is 4.48. The van der Waals surface area contributed by atoms with Gasteiger partial charge in [-0.05, 0) is 49.1 Å². The van der Waals surface area contributed by atoms with Crippen molar-refractivity contribution in [2.45, 2.75) is 31.5 Å². The third-order valence-corrected chi connectivity index (χ3v) is 5.12. The summed E-state index contributed by atoms with van der Waals surface area (Å²) in [5.74, 6) is 0.0841. The van der Waals surface area contributed by atoms with Crippen molar-refractivity contribution in [2.75, 3.05) is 6.61 Å². The number of nitrogens with one attached hydrogen (secondary N) is 2. The summed E-state index contributed by atoms with van der Waals surface area (Å²) >= 11 is 0. The van der Waals surface area contributed by atoms with Crippen molar-refractivity contribution in [1.29, 1.82) is 0 Å². The number of hydrogen-bond acceptors (Lipinski definition) is 3. The zero-order valence-electron chi connectivity index (χ0n) is 15.7. The summed E-state index contributed by atoms with van der Waals surface area (Å²) in [6, 6.07) is 10.7. The van der Waals surface area contributed by atoms with E-state index >= 15 is 0 Å². The second kappa shape index (κ2) is 7.42. The molecule has 4 rings (SSSR count). The lowest BCUT2D eigenvalue weighted by atomic mass is 10.0. The molecule has 2 unspecified atom stereocenters. The Morgan fingerprint density at radius 3 is 2.86 bits per heavy atom. The fraction of sp³-hybridized carbons (Fsp3) is 0.333. The fourth-order valence-electron chi connectivity index (χ4n) is 3.55. The molecule has 5 nitrogen and oxygen atoms in total. The van der Waals surface area contributed by atoms with Gasteiger partial charge in [-0.25, -0.2) is 0 Å². The van der Waals surface area contributed by atoms with Crippen molar-refractivity contribution in [2.24, 2.45) is 5.92 Å². The average molecular weight is 403 g/mol. The zero-order chi connectivity index (χ0) is 20.6. The molecule has 2 aromatic heterocycles. The molecule has 29 heavy (non-hydrogen) atoms. The first-order valence-electron chi connectivity index (χ1n) is 9.34. The minimum absolute atomic E-state index is 0.0338. The summed E-state index contributed by atoms with van der Waals surface area (Å²) in [5.41, 5.74) is 2.78. The van der Waals surface area contributed by atoms with Gasteiger partial charge in [-0.15, -0.1) is 0 Å². The van der Waals surface area contributed by atoms with Gasteiger partial charge < -0.3 is 15.0 Å². The molecule has 0 bridgehead atoms. The van der Waals surface area contributed by atoms with Gasteiger partial charge in [-0.1, -0.05) is 12.1 Å². The lowest BCUT2D eigenvalue weighted by Gasteiger charge is -2.14. The van der Waals surface area contributed by atoms with Crippen molar-refractivity contribution in [1.82, 2.24) is 15.3 Å². The van der Waals surface area contributed by atoms with Gasteiger partial charge in [0.2, 0.25) is 5.91 Å². The standard InChI is InChI=1S/C21H20F3N3O2/c1-12(18-6-5-13(10-26-18)29-11-21(22,23)24)27-20(28)17-9-16(17)14-3-2-4-19-15(14)7-8-25-19/h2-8,10,12,16-17,25H,9,11H2,1H3,(H,27,28)/t12-,16?,17?/m1/s1. The van der Waals surface area contributed by atoms with Crippen LogP contribution in [0.3, 0.4) is 0 Å². The number of nitrogens with zero attached hydrogens (tertiary/aromatic N) is 1. The van der Waals surface area contributed by atoms with Crippen LogP contribution < -0.4 is 10.1 Å². The quantitative estimate of drug-likeness (QED) is 0.638. The number of rotatable bonds is 6. The third kappa shape index (κ3) is 4.36. The van der Waals surface area contributed by atoms with Gasteiger partial charge in [-0.2, -0.15) is 13.2 Å². The molecule has 0 aliphatic heterocycles. The minimum Gasteiger partial charge on any atom is -0.483 e. The summed E-state index contributed by atoms with van der Waals surface area (Å²) < 4.78 is 41.3. The van der Waals surface area contributed by atoms with Gasteiger partial charge in [0, 0.05) is 23.0 Å². The summed E-state index contributed by atoms with van der Waals surface area (Å²) in [5, 5.41) is 4.08. The molecule has 1 aliphatic carbocycles. The molecule has 0 spiro atoms. The molecule has 1 aliphatic rings. The molecule has 3 aromatic rings. The van der Waals surface area contributed by atoms with E-state index in [1.54, 1.807) is 13.0 Å². The first-order chi connectivity index (χ1) is 13.8. The molecule has 3 atom stereocenters. The Hall–Kier alpha value is -3.03. The summed E-state index contributed by atoms with van der Waals surface area (Å²) in [6.45, 7) is 0.429. The number of fused-ring (bicyclic) bond motifs is 1. The molecule has 1 amide bonds. The van der Waals surface area contributed by atoms with Crippen LogP contribution in [0.15, 0.2) is 48.8 Å². The van der Waals surface area contributed by atoms with Gasteiger partial charge in [0.25, 0.3) is 0 Å². The van der Waals surface area contributed by atoms with Crippen molar-refractivity contribution in [3.8, 4) is 5.75 Å². The van der Waals surface area contributed by atoms with E-state index in [4.69, 9.17) is 0 Å². The Morgan fingerprint density at radius 1 is 1.31 bits per heavy atom. The second-order valence-corrected chi connectivity index (χ2v) is 7.29. The molecular weight excluding hydrogens is 383 g/mol. The number of aromatic amines is 1. The largest absolute Gasteiger partial charge is 0.483 e. The Bertz CT molecular complexity index is 1010. The molecule has 152 valence electrons. The number of pyridine rings is 1. The molecule has 1 saturated carbocycles. The zero-order valence-corrected chi connectivity index (χ0v) is 15.7. The molecule has 1 fully saturated rings. The van der Waals surface area contributed by atoms with Crippen LogP contribution in [0.2, 0.25) is 0 Å². The minimum atomic E-state index is -4.40. The molecule has 0 saturated heterocycles. The van der Waals surface area contributed by atoms with E-state index in [9.17, 15) is 18.0 Å². The number of carbonyl (C=O) groups is 1. The van der Waals surface area contributed by atoms with Crippen molar-refractivity contribution in [3.05, 3.63) is 60.0 Å². The summed E-state index contributed by atoms with van der Waals surface area (Å²) in [4.78, 5) is 19.9. The van der Waals surface area contributed by atoms with Crippen LogP contribution >= 0.6 is 0 Å². The van der Waals surface area contributed by atoms with Crippen molar-refractivity contribution in [3.63, 3.8) is 0 Å². The van der Waals surface area contributed by atoms with E-state index in [-0.39, 0.29) is 29.5 Å². The SMILES string of the molecule is C[C@@H](NC(=O)C1CC1c1cccc2[nH]ccc12)c1ccc(OCC(F)(F)F)cn1. The van der Waals surface area contributed by atoms with Crippen molar-refractivity contribution < 1.29 is 22.7 Å². The highest BCUT2D eigenvalue weighted by Gasteiger charge is 2.45. The normalized spacial score (nSPS) is 19.7. The monoisotopic (exact) mass is 403 g/mol. The highest BCUT2D eigenvalue weighted by Crippen LogP contribution is 2.49. The van der Waals surface area contributed by atoms with Gasteiger partial charge >= 0.3 is 6.18 Å². The number of alkyl halides is 3. The maximum atomic E-state index is 12.6. The third-order valence-electron chi connectivity index (χ3n) is 5.12. The highest BCUT2D eigenvalue weighted by molar-refractivity contribution is 5.88. The maximum absolute atomic E-state index is 12.6.